The lowest BCUT2D eigenvalue weighted by molar-refractivity contribution is 0.103. The van der Waals surface area contributed by atoms with Gasteiger partial charge in [0.1, 0.15) is 5.82 Å². The van der Waals surface area contributed by atoms with Gasteiger partial charge in [0, 0.05) is 16.9 Å². The van der Waals surface area contributed by atoms with Gasteiger partial charge >= 0.3 is 0 Å². The summed E-state index contributed by atoms with van der Waals surface area (Å²) < 4.78 is 13.1. The van der Waals surface area contributed by atoms with Crippen LogP contribution in [0.1, 0.15) is 27.0 Å². The Kier molecular flexibility index (Phi) is 3.82. The van der Waals surface area contributed by atoms with Crippen molar-refractivity contribution < 1.29 is 9.18 Å². The van der Waals surface area contributed by atoms with Gasteiger partial charge in [0.05, 0.1) is 0 Å². The van der Waals surface area contributed by atoms with E-state index in [1.165, 1.54) is 18.2 Å². The van der Waals surface area contributed by atoms with Crippen molar-refractivity contribution in [2.24, 2.45) is 0 Å². The maximum Gasteiger partial charge on any atom is 0.193 e. The Balaban J connectivity index is 2.42. The molecule has 18 heavy (non-hydrogen) atoms. The van der Waals surface area contributed by atoms with Gasteiger partial charge in [-0.1, -0.05) is 29.8 Å². The number of rotatable bonds is 3. The van der Waals surface area contributed by atoms with E-state index in [-0.39, 0.29) is 11.6 Å². The van der Waals surface area contributed by atoms with Crippen LogP contribution in [0.15, 0.2) is 42.5 Å². The van der Waals surface area contributed by atoms with Crippen LogP contribution < -0.4 is 0 Å². The first-order chi connectivity index (χ1) is 8.61. The minimum atomic E-state index is -0.348. The molecule has 0 aliphatic rings. The molecule has 0 aliphatic heterocycles. The summed E-state index contributed by atoms with van der Waals surface area (Å²) in [5, 5.41) is 0. The van der Waals surface area contributed by atoms with E-state index in [1.54, 1.807) is 12.1 Å². The van der Waals surface area contributed by atoms with E-state index in [0.717, 1.165) is 5.56 Å². The normalized spacial score (nSPS) is 10.4. The fraction of sp³-hybridized carbons (Fsp3) is 0.133. The standard InChI is InChI=1S/C15H13FOS/c1-10-2-4-11(5-3-10)15(17)14-7-6-13(16)8-12(14)9-18/h2-8,18H,9H2,1H3. The molecule has 0 saturated heterocycles. The second kappa shape index (κ2) is 5.36. The molecule has 92 valence electrons. The Labute approximate surface area is 111 Å². The monoisotopic (exact) mass is 260 g/mol. The molecule has 0 fully saturated rings. The molecule has 0 radical (unpaired) electrons. The number of aryl methyl sites for hydroxylation is 1. The molecule has 3 heteroatoms. The first-order valence-electron chi connectivity index (χ1n) is 5.62. The third kappa shape index (κ3) is 2.62. The highest BCUT2D eigenvalue weighted by molar-refractivity contribution is 7.79. The molecule has 0 unspecified atom stereocenters. The van der Waals surface area contributed by atoms with E-state index in [1.807, 2.05) is 19.1 Å². The van der Waals surface area contributed by atoms with Crippen LogP contribution in [-0.2, 0) is 5.75 Å². The Morgan fingerprint density at radius 1 is 1.17 bits per heavy atom. The summed E-state index contributed by atoms with van der Waals surface area (Å²) in [6.45, 7) is 1.96. The van der Waals surface area contributed by atoms with E-state index in [2.05, 4.69) is 12.6 Å². The lowest BCUT2D eigenvalue weighted by Crippen LogP contribution is -2.05. The summed E-state index contributed by atoms with van der Waals surface area (Å²) >= 11 is 4.13. The smallest absolute Gasteiger partial charge is 0.193 e. The van der Waals surface area contributed by atoms with Crippen molar-refractivity contribution in [2.75, 3.05) is 0 Å². The molecule has 0 spiro atoms. The molecule has 0 aromatic heterocycles. The van der Waals surface area contributed by atoms with Crippen LogP contribution in [0.25, 0.3) is 0 Å². The average molecular weight is 260 g/mol. The first-order valence-corrected chi connectivity index (χ1v) is 6.25. The average Bonchev–Trinajstić information content (AvgIpc) is 2.38. The number of ketones is 1. The molecule has 1 nitrogen and oxygen atoms in total. The van der Waals surface area contributed by atoms with Crippen LogP contribution in [-0.4, -0.2) is 5.78 Å². The van der Waals surface area contributed by atoms with Crippen LogP contribution in [0.2, 0.25) is 0 Å². The summed E-state index contributed by atoms with van der Waals surface area (Å²) in [6, 6.07) is 11.5. The maximum atomic E-state index is 13.1. The zero-order chi connectivity index (χ0) is 13.1. The maximum absolute atomic E-state index is 13.1. The van der Waals surface area contributed by atoms with E-state index in [9.17, 15) is 9.18 Å². The van der Waals surface area contributed by atoms with Crippen molar-refractivity contribution in [2.45, 2.75) is 12.7 Å². The number of benzene rings is 2. The topological polar surface area (TPSA) is 17.1 Å². The molecular weight excluding hydrogens is 247 g/mol. The van der Waals surface area contributed by atoms with Gasteiger partial charge in [-0.15, -0.1) is 0 Å². The SMILES string of the molecule is Cc1ccc(C(=O)c2ccc(F)cc2CS)cc1. The summed E-state index contributed by atoms with van der Waals surface area (Å²) in [4.78, 5) is 12.3. The van der Waals surface area contributed by atoms with Gasteiger partial charge in [0.25, 0.3) is 0 Å². The van der Waals surface area contributed by atoms with E-state index >= 15 is 0 Å². The lowest BCUT2D eigenvalue weighted by atomic mass is 9.98. The number of thiol groups is 1. The molecule has 0 amide bonds. The van der Waals surface area contributed by atoms with Crippen molar-refractivity contribution in [3.8, 4) is 0 Å². The van der Waals surface area contributed by atoms with Gasteiger partial charge in [-0.2, -0.15) is 12.6 Å². The third-order valence-electron chi connectivity index (χ3n) is 2.80. The third-order valence-corrected chi connectivity index (χ3v) is 3.14. The zero-order valence-electron chi connectivity index (χ0n) is 9.98. The predicted molar refractivity (Wildman–Crippen MR) is 73.7 cm³/mol. The lowest BCUT2D eigenvalue weighted by Gasteiger charge is -2.07. The van der Waals surface area contributed by atoms with Crippen LogP contribution in [0.3, 0.4) is 0 Å². The second-order valence-corrected chi connectivity index (χ2v) is 4.47. The van der Waals surface area contributed by atoms with Crippen molar-refractivity contribution in [1.29, 1.82) is 0 Å². The molecule has 0 aliphatic carbocycles. The number of hydrogen-bond donors (Lipinski definition) is 1. The number of halogens is 1. The number of carbonyl (C=O) groups excluding carboxylic acids is 1. The molecule has 0 heterocycles. The molecule has 2 rings (SSSR count). The van der Waals surface area contributed by atoms with Crippen LogP contribution >= 0.6 is 12.6 Å². The molecular formula is C15H13FOS. The van der Waals surface area contributed by atoms with Gasteiger partial charge in [0.15, 0.2) is 5.78 Å². The first kappa shape index (κ1) is 12.8. The fourth-order valence-electron chi connectivity index (χ4n) is 1.78. The van der Waals surface area contributed by atoms with Gasteiger partial charge in [-0.3, -0.25) is 4.79 Å². The quantitative estimate of drug-likeness (QED) is 0.656. The Morgan fingerprint density at radius 2 is 1.83 bits per heavy atom. The highest BCUT2D eigenvalue weighted by atomic mass is 32.1. The molecule has 2 aromatic carbocycles. The second-order valence-electron chi connectivity index (χ2n) is 4.15. The van der Waals surface area contributed by atoms with Gasteiger partial charge < -0.3 is 0 Å². The van der Waals surface area contributed by atoms with E-state index in [0.29, 0.717) is 22.4 Å². The molecule has 0 atom stereocenters. The van der Waals surface area contributed by atoms with Crippen LogP contribution in [0.4, 0.5) is 4.39 Å². The van der Waals surface area contributed by atoms with E-state index < -0.39 is 0 Å². The summed E-state index contributed by atoms with van der Waals surface area (Å²) in [5.74, 6) is -0.108. The van der Waals surface area contributed by atoms with Gasteiger partial charge in [-0.25, -0.2) is 4.39 Å². The van der Waals surface area contributed by atoms with Crippen molar-refractivity contribution in [1.82, 2.24) is 0 Å². The molecule has 0 saturated carbocycles. The highest BCUT2D eigenvalue weighted by Crippen LogP contribution is 2.18. The predicted octanol–water partition coefficient (Wildman–Crippen LogP) is 3.79. The highest BCUT2D eigenvalue weighted by Gasteiger charge is 2.13. The zero-order valence-corrected chi connectivity index (χ0v) is 10.9. The number of hydrogen-bond acceptors (Lipinski definition) is 2. The largest absolute Gasteiger partial charge is 0.289 e. The Hall–Kier alpha value is -1.61. The van der Waals surface area contributed by atoms with Gasteiger partial charge in [0.2, 0.25) is 0 Å². The molecule has 0 N–H and O–H groups in total. The van der Waals surface area contributed by atoms with E-state index in [4.69, 9.17) is 0 Å². The van der Waals surface area contributed by atoms with Gasteiger partial charge in [-0.05, 0) is 30.7 Å². The van der Waals surface area contributed by atoms with Crippen molar-refractivity contribution in [3.05, 3.63) is 70.5 Å². The number of carbonyl (C=O) groups is 1. The minimum absolute atomic E-state index is 0.0981. The van der Waals surface area contributed by atoms with Crippen LogP contribution in [0, 0.1) is 12.7 Å². The van der Waals surface area contributed by atoms with Crippen molar-refractivity contribution in [3.63, 3.8) is 0 Å². The van der Waals surface area contributed by atoms with Crippen molar-refractivity contribution >= 4 is 18.4 Å². The summed E-state index contributed by atoms with van der Waals surface area (Å²) in [6.07, 6.45) is 0. The Bertz CT molecular complexity index is 576. The molecule has 0 bridgehead atoms. The summed E-state index contributed by atoms with van der Waals surface area (Å²) in [7, 11) is 0. The van der Waals surface area contributed by atoms with Crippen LogP contribution in [0.5, 0.6) is 0 Å². The minimum Gasteiger partial charge on any atom is -0.289 e. The summed E-state index contributed by atoms with van der Waals surface area (Å²) in [5.41, 5.74) is 2.83. The molecule has 2 aromatic rings. The Morgan fingerprint density at radius 3 is 2.44 bits per heavy atom. The fourth-order valence-corrected chi connectivity index (χ4v) is 2.04.